The fraction of sp³-hybridized carbons (Fsp3) is 0.500. The molecule has 5 heteroatoms. The van der Waals surface area contributed by atoms with Gasteiger partial charge in [-0.3, -0.25) is 0 Å². The first-order chi connectivity index (χ1) is 8.40. The van der Waals surface area contributed by atoms with E-state index >= 15 is 0 Å². The molecule has 0 atom stereocenters. The second-order valence-electron chi connectivity index (χ2n) is 3.83. The number of rotatable bonds is 7. The highest BCUT2D eigenvalue weighted by molar-refractivity contribution is 7.14. The van der Waals surface area contributed by atoms with Crippen molar-refractivity contribution in [1.29, 1.82) is 0 Å². The largest absolute Gasteiger partial charge is 0.462 e. The number of furan rings is 1. The van der Waals surface area contributed by atoms with Gasteiger partial charge in [-0.15, -0.1) is 10.2 Å². The third-order valence-corrected chi connectivity index (χ3v) is 3.37. The minimum absolute atomic E-state index is 0.804. The van der Waals surface area contributed by atoms with Crippen molar-refractivity contribution in [3.8, 4) is 10.8 Å². The zero-order valence-corrected chi connectivity index (χ0v) is 10.8. The topological polar surface area (TPSA) is 51.0 Å². The zero-order chi connectivity index (χ0) is 11.9. The van der Waals surface area contributed by atoms with Crippen molar-refractivity contribution in [3.63, 3.8) is 0 Å². The number of hydrogen-bond donors (Lipinski definition) is 1. The number of nitrogens with one attached hydrogen (secondary N) is 1. The highest BCUT2D eigenvalue weighted by atomic mass is 32.1. The van der Waals surface area contributed by atoms with E-state index in [-0.39, 0.29) is 0 Å². The number of hydrogen-bond acceptors (Lipinski definition) is 5. The second-order valence-corrected chi connectivity index (χ2v) is 4.89. The van der Waals surface area contributed by atoms with Crippen LogP contribution in [0.15, 0.2) is 22.8 Å². The minimum atomic E-state index is 0.804. The van der Waals surface area contributed by atoms with E-state index in [0.717, 1.165) is 41.7 Å². The van der Waals surface area contributed by atoms with Gasteiger partial charge in [-0.25, -0.2) is 0 Å². The Balaban J connectivity index is 1.79. The van der Waals surface area contributed by atoms with Gasteiger partial charge in [0.25, 0.3) is 0 Å². The average molecular weight is 251 g/mol. The molecule has 0 unspecified atom stereocenters. The van der Waals surface area contributed by atoms with Gasteiger partial charge in [0.2, 0.25) is 0 Å². The number of aromatic nitrogens is 2. The Morgan fingerprint density at radius 2 is 2.29 bits per heavy atom. The summed E-state index contributed by atoms with van der Waals surface area (Å²) in [6, 6.07) is 3.78. The summed E-state index contributed by atoms with van der Waals surface area (Å²) in [6.07, 6.45) is 4.93. The Bertz CT molecular complexity index is 425. The smallest absolute Gasteiger partial charge is 0.183 e. The van der Waals surface area contributed by atoms with Crippen LogP contribution < -0.4 is 5.32 Å². The summed E-state index contributed by atoms with van der Waals surface area (Å²) in [5, 5.41) is 13.6. The van der Waals surface area contributed by atoms with Crippen molar-refractivity contribution >= 4 is 11.3 Å². The highest BCUT2D eigenvalue weighted by Gasteiger charge is 2.08. The first-order valence-electron chi connectivity index (χ1n) is 5.97. The molecule has 2 aromatic rings. The molecule has 2 rings (SSSR count). The van der Waals surface area contributed by atoms with Gasteiger partial charge >= 0.3 is 0 Å². The van der Waals surface area contributed by atoms with Crippen LogP contribution >= 0.6 is 11.3 Å². The van der Waals surface area contributed by atoms with Crippen LogP contribution in [0.1, 0.15) is 24.8 Å². The summed E-state index contributed by atoms with van der Waals surface area (Å²) < 4.78 is 5.29. The van der Waals surface area contributed by atoms with E-state index in [1.807, 2.05) is 12.1 Å². The monoisotopic (exact) mass is 251 g/mol. The van der Waals surface area contributed by atoms with Crippen molar-refractivity contribution in [2.45, 2.75) is 26.2 Å². The Labute approximate surface area is 105 Å². The van der Waals surface area contributed by atoms with Gasteiger partial charge in [-0.1, -0.05) is 18.3 Å². The number of nitrogens with zero attached hydrogens (tertiary/aromatic N) is 2. The molecule has 92 valence electrons. The van der Waals surface area contributed by atoms with Crippen molar-refractivity contribution in [2.24, 2.45) is 0 Å². The molecule has 1 N–H and O–H groups in total. The molecule has 0 fully saturated rings. The maximum Gasteiger partial charge on any atom is 0.183 e. The summed E-state index contributed by atoms with van der Waals surface area (Å²) >= 11 is 1.61. The first kappa shape index (κ1) is 12.3. The van der Waals surface area contributed by atoms with Crippen LogP contribution in [0.4, 0.5) is 0 Å². The van der Waals surface area contributed by atoms with Gasteiger partial charge in [0.05, 0.1) is 6.26 Å². The lowest BCUT2D eigenvalue weighted by atomic mass is 10.3. The van der Waals surface area contributed by atoms with Crippen LogP contribution in [-0.4, -0.2) is 23.3 Å². The SMILES string of the molecule is CCCNCCCc1nnc(-c2ccco2)s1. The Kier molecular flexibility index (Phi) is 4.70. The van der Waals surface area contributed by atoms with E-state index in [2.05, 4.69) is 22.4 Å². The zero-order valence-electron chi connectivity index (χ0n) is 9.98. The molecule has 0 amide bonds. The van der Waals surface area contributed by atoms with E-state index in [4.69, 9.17) is 4.42 Å². The molecule has 2 aromatic heterocycles. The molecule has 2 heterocycles. The van der Waals surface area contributed by atoms with Crippen molar-refractivity contribution < 1.29 is 4.42 Å². The van der Waals surface area contributed by atoms with Gasteiger partial charge in [-0.05, 0) is 38.1 Å². The summed E-state index contributed by atoms with van der Waals surface area (Å²) in [7, 11) is 0. The number of aryl methyl sites for hydroxylation is 1. The quantitative estimate of drug-likeness (QED) is 0.769. The Hall–Kier alpha value is -1.20. The summed E-state index contributed by atoms with van der Waals surface area (Å²) in [6.45, 7) is 4.31. The van der Waals surface area contributed by atoms with Gasteiger partial charge in [-0.2, -0.15) is 0 Å². The maximum absolute atomic E-state index is 5.29. The van der Waals surface area contributed by atoms with Crippen molar-refractivity contribution in [2.75, 3.05) is 13.1 Å². The molecule has 0 bridgehead atoms. The Morgan fingerprint density at radius 1 is 1.35 bits per heavy atom. The Morgan fingerprint density at radius 3 is 3.06 bits per heavy atom. The van der Waals surface area contributed by atoms with Gasteiger partial charge in [0.15, 0.2) is 10.8 Å². The van der Waals surface area contributed by atoms with Crippen LogP contribution in [0.2, 0.25) is 0 Å². The molecule has 0 aliphatic rings. The molecule has 4 nitrogen and oxygen atoms in total. The third kappa shape index (κ3) is 3.64. The molecule has 0 aliphatic heterocycles. The van der Waals surface area contributed by atoms with E-state index in [1.54, 1.807) is 17.6 Å². The summed E-state index contributed by atoms with van der Waals surface area (Å²) in [5.41, 5.74) is 0. The van der Waals surface area contributed by atoms with Gasteiger partial charge < -0.3 is 9.73 Å². The third-order valence-electron chi connectivity index (χ3n) is 2.37. The first-order valence-corrected chi connectivity index (χ1v) is 6.78. The van der Waals surface area contributed by atoms with Gasteiger partial charge in [0, 0.05) is 6.42 Å². The summed E-state index contributed by atoms with van der Waals surface area (Å²) in [4.78, 5) is 0. The molecule has 0 aliphatic carbocycles. The maximum atomic E-state index is 5.29. The highest BCUT2D eigenvalue weighted by Crippen LogP contribution is 2.24. The lowest BCUT2D eigenvalue weighted by Gasteiger charge is -1.99. The van der Waals surface area contributed by atoms with Crippen LogP contribution in [0.25, 0.3) is 10.8 Å². The van der Waals surface area contributed by atoms with Crippen molar-refractivity contribution in [3.05, 3.63) is 23.4 Å². The molecule has 0 aromatic carbocycles. The predicted octanol–water partition coefficient (Wildman–Crippen LogP) is 2.73. The van der Waals surface area contributed by atoms with Crippen molar-refractivity contribution in [1.82, 2.24) is 15.5 Å². The van der Waals surface area contributed by atoms with Crippen LogP contribution in [-0.2, 0) is 6.42 Å². The van der Waals surface area contributed by atoms with Crippen LogP contribution in [0.5, 0.6) is 0 Å². The predicted molar refractivity (Wildman–Crippen MR) is 69.1 cm³/mol. The molecule has 0 radical (unpaired) electrons. The fourth-order valence-corrected chi connectivity index (χ4v) is 2.37. The summed E-state index contributed by atoms with van der Waals surface area (Å²) in [5.74, 6) is 0.804. The van der Waals surface area contributed by atoms with Gasteiger partial charge in [0.1, 0.15) is 5.01 Å². The average Bonchev–Trinajstić information content (AvgIpc) is 2.99. The molecular weight excluding hydrogens is 234 g/mol. The molecule has 0 spiro atoms. The normalized spacial score (nSPS) is 10.9. The molecule has 17 heavy (non-hydrogen) atoms. The van der Waals surface area contributed by atoms with Crippen LogP contribution in [0.3, 0.4) is 0 Å². The molecule has 0 saturated carbocycles. The van der Waals surface area contributed by atoms with E-state index < -0.39 is 0 Å². The fourth-order valence-electron chi connectivity index (χ4n) is 1.52. The molecule has 0 saturated heterocycles. The van der Waals surface area contributed by atoms with E-state index in [0.29, 0.717) is 0 Å². The lowest BCUT2D eigenvalue weighted by molar-refractivity contribution is 0.581. The molecular formula is C12H17N3OS. The van der Waals surface area contributed by atoms with E-state index in [1.165, 1.54) is 6.42 Å². The van der Waals surface area contributed by atoms with Crippen LogP contribution in [0, 0.1) is 0 Å². The standard InChI is InChI=1S/C12H17N3OS/c1-2-7-13-8-3-6-11-14-15-12(17-11)10-5-4-9-16-10/h4-5,9,13H,2-3,6-8H2,1H3. The minimum Gasteiger partial charge on any atom is -0.462 e. The lowest BCUT2D eigenvalue weighted by Crippen LogP contribution is -2.16. The van der Waals surface area contributed by atoms with E-state index in [9.17, 15) is 0 Å². The second kappa shape index (κ2) is 6.51.